The molecule has 8 aromatic rings. The van der Waals surface area contributed by atoms with Gasteiger partial charge in [0.05, 0.1) is 61.9 Å². The van der Waals surface area contributed by atoms with Crippen molar-refractivity contribution in [1.82, 2.24) is 19.6 Å². The quantitative estimate of drug-likeness (QED) is 0.0337. The first-order valence-electron chi connectivity index (χ1n) is 41.2. The lowest BCUT2D eigenvalue weighted by Gasteiger charge is -2.20. The van der Waals surface area contributed by atoms with Gasteiger partial charge >= 0.3 is 0 Å². The molecule has 6 aliphatic rings. The lowest BCUT2D eigenvalue weighted by atomic mass is 10.0. The number of hydrogen-bond donors (Lipinski definition) is 0. The molecule has 0 aromatic heterocycles. The number of rotatable bonds is 38. The standard InChI is InChI=1S/C24H29NO3.C24H31NO3.C23H27NO3.C23H29NO3/c1-2-3-16-27-21-12-11-19-18-9-4-5-10-20(18)23(26)22(19)24(21)28-17-8-15-25-13-6-7-14-25;1-4-7-16-27-21-14-13-19-18-11-8-9-12-20(18)23(26)22(19)24(21)28-17-10-15-25(5-2)6-3;1-2-3-15-26-20-11-10-18-17-8-4-5-9-19(17)22(25)21(18)23(20)27-16-14-24-12-6-7-13-24;1-4-7-15-26-20-13-12-18-17-10-8-9-11-19(17)22(25)21(18)23(20)27-16-14-24(5-2)6-3/h4-5,9-12H,2-3,6-8,13-17H2,1H3;8-9,11-14H,4-7,10,15-17H2,1-3H3;4-5,8-11H,2-3,6-7,12-16H2,1H3;8-13H,4-7,14-16H2,1-3H3. The molecule has 2 fully saturated rings. The number of nitrogens with zero attached hydrogens (tertiary/aromatic N) is 4. The molecular formula is C94H116N4O12. The number of benzene rings is 8. The molecule has 4 aliphatic carbocycles. The van der Waals surface area contributed by atoms with Crippen molar-refractivity contribution >= 4 is 23.1 Å². The van der Waals surface area contributed by atoms with E-state index in [0.29, 0.717) is 121 Å². The van der Waals surface area contributed by atoms with Crippen LogP contribution in [0.2, 0.25) is 0 Å². The fourth-order valence-electron chi connectivity index (χ4n) is 15.2. The van der Waals surface area contributed by atoms with Crippen molar-refractivity contribution < 1.29 is 57.1 Å². The van der Waals surface area contributed by atoms with Crippen molar-refractivity contribution in [1.29, 1.82) is 0 Å². The van der Waals surface area contributed by atoms with Crippen molar-refractivity contribution in [2.45, 2.75) is 145 Å². The molecular weight excluding hydrogens is 1380 g/mol. The van der Waals surface area contributed by atoms with Gasteiger partial charge in [0.25, 0.3) is 0 Å². The number of carbonyl (C=O) groups is 4. The van der Waals surface area contributed by atoms with Gasteiger partial charge in [0, 0.05) is 48.4 Å². The Morgan fingerprint density at radius 1 is 0.264 bits per heavy atom. The van der Waals surface area contributed by atoms with Gasteiger partial charge < -0.3 is 52.6 Å². The maximum Gasteiger partial charge on any atom is 0.198 e. The average Bonchev–Trinajstić information content (AvgIpc) is 1.62. The van der Waals surface area contributed by atoms with Crippen molar-refractivity contribution in [3.8, 4) is 90.5 Å². The molecule has 14 rings (SSSR count). The highest BCUT2D eigenvalue weighted by Crippen LogP contribution is 2.50. The van der Waals surface area contributed by atoms with Gasteiger partial charge in [-0.2, -0.15) is 0 Å². The highest BCUT2D eigenvalue weighted by atomic mass is 16.5. The number of hydrogen-bond acceptors (Lipinski definition) is 16. The van der Waals surface area contributed by atoms with E-state index in [-0.39, 0.29) is 23.1 Å². The van der Waals surface area contributed by atoms with Gasteiger partial charge in [-0.05, 0) is 210 Å². The Morgan fingerprint density at radius 2 is 0.527 bits per heavy atom. The summed E-state index contributed by atoms with van der Waals surface area (Å²) >= 11 is 0. The number of likely N-dealkylation sites (N-methyl/N-ethyl adjacent to an activating group) is 1. The molecule has 2 aliphatic heterocycles. The summed E-state index contributed by atoms with van der Waals surface area (Å²) in [7, 11) is 0. The third kappa shape index (κ3) is 19.7. The van der Waals surface area contributed by atoms with Crippen molar-refractivity contribution in [3.05, 3.63) is 190 Å². The molecule has 0 saturated carbocycles. The number of unbranched alkanes of at least 4 members (excludes halogenated alkanes) is 4. The van der Waals surface area contributed by atoms with Crippen LogP contribution < -0.4 is 37.9 Å². The van der Waals surface area contributed by atoms with Gasteiger partial charge in [-0.1, -0.05) is 178 Å². The van der Waals surface area contributed by atoms with E-state index in [1.807, 2.05) is 146 Å². The molecule has 0 spiro atoms. The molecule has 8 aromatic carbocycles. The van der Waals surface area contributed by atoms with Crippen LogP contribution in [0.4, 0.5) is 0 Å². The average molecular weight is 1490 g/mol. The molecule has 0 atom stereocenters. The van der Waals surface area contributed by atoms with E-state index >= 15 is 0 Å². The molecule has 0 bridgehead atoms. The first kappa shape index (κ1) is 81.7. The zero-order chi connectivity index (χ0) is 77.1. The van der Waals surface area contributed by atoms with E-state index in [0.717, 1.165) is 196 Å². The lowest BCUT2D eigenvalue weighted by Crippen LogP contribution is -2.28. The summed E-state index contributed by atoms with van der Waals surface area (Å²) in [4.78, 5) is 61.9. The number of fused-ring (bicyclic) bond motifs is 12. The summed E-state index contributed by atoms with van der Waals surface area (Å²) in [5, 5.41) is 0. The molecule has 2 heterocycles. The highest BCUT2D eigenvalue weighted by Gasteiger charge is 2.37. The summed E-state index contributed by atoms with van der Waals surface area (Å²) < 4.78 is 48.7. The predicted octanol–water partition coefficient (Wildman–Crippen LogP) is 19.5. The Kier molecular flexibility index (Phi) is 30.9. The molecule has 584 valence electrons. The van der Waals surface area contributed by atoms with Crippen LogP contribution in [0.3, 0.4) is 0 Å². The fraction of sp³-hybridized carbons (Fsp3) is 0.447. The Balaban J connectivity index is 0.000000145. The van der Waals surface area contributed by atoms with Crippen LogP contribution in [0.25, 0.3) is 44.5 Å². The largest absolute Gasteiger partial charge is 0.490 e. The normalized spacial score (nSPS) is 13.9. The molecule has 110 heavy (non-hydrogen) atoms. The second-order valence-corrected chi connectivity index (χ2v) is 28.8. The van der Waals surface area contributed by atoms with Crippen molar-refractivity contribution in [2.24, 2.45) is 0 Å². The van der Waals surface area contributed by atoms with Gasteiger partial charge in [0.1, 0.15) is 13.2 Å². The maximum absolute atomic E-state index is 13.1. The van der Waals surface area contributed by atoms with Crippen LogP contribution in [-0.2, 0) is 0 Å². The molecule has 0 N–H and O–H groups in total. The number of ether oxygens (including phenoxy) is 8. The summed E-state index contributed by atoms with van der Waals surface area (Å²) in [6.45, 7) is 34.4. The first-order chi connectivity index (χ1) is 54.0. The van der Waals surface area contributed by atoms with Gasteiger partial charge in [-0.15, -0.1) is 0 Å². The monoisotopic (exact) mass is 1490 g/mol. The zero-order valence-corrected chi connectivity index (χ0v) is 66.6. The van der Waals surface area contributed by atoms with Gasteiger partial charge in [0.15, 0.2) is 69.1 Å². The van der Waals surface area contributed by atoms with Crippen molar-refractivity contribution in [3.63, 3.8) is 0 Å². The van der Waals surface area contributed by atoms with Crippen LogP contribution in [0, 0.1) is 0 Å². The maximum atomic E-state index is 13.1. The smallest absolute Gasteiger partial charge is 0.198 e. The van der Waals surface area contributed by atoms with Crippen LogP contribution >= 0.6 is 0 Å². The Labute approximate surface area is 653 Å². The topological polar surface area (TPSA) is 155 Å². The van der Waals surface area contributed by atoms with Crippen LogP contribution in [0.1, 0.15) is 209 Å². The summed E-state index contributed by atoms with van der Waals surface area (Å²) in [5.74, 6) is 5.30. The van der Waals surface area contributed by atoms with Crippen LogP contribution in [0.15, 0.2) is 146 Å². The van der Waals surface area contributed by atoms with E-state index < -0.39 is 0 Å². The Morgan fingerprint density at radius 3 is 0.836 bits per heavy atom. The summed E-state index contributed by atoms with van der Waals surface area (Å²) in [6, 6.07) is 46.9. The molecule has 0 radical (unpaired) electrons. The van der Waals surface area contributed by atoms with E-state index in [1.54, 1.807) is 0 Å². The number of carbonyl (C=O) groups excluding carboxylic acids is 4. The van der Waals surface area contributed by atoms with E-state index in [4.69, 9.17) is 37.9 Å². The summed E-state index contributed by atoms with van der Waals surface area (Å²) in [5.41, 5.74) is 13.3. The van der Waals surface area contributed by atoms with Gasteiger partial charge in [-0.3, -0.25) is 24.1 Å². The van der Waals surface area contributed by atoms with Crippen molar-refractivity contribution in [2.75, 3.05) is 131 Å². The van der Waals surface area contributed by atoms with Gasteiger partial charge in [0.2, 0.25) is 0 Å². The first-order valence-corrected chi connectivity index (χ1v) is 41.2. The third-order valence-electron chi connectivity index (χ3n) is 21.5. The Hall–Kier alpha value is -9.32. The minimum Gasteiger partial charge on any atom is -0.490 e. The lowest BCUT2D eigenvalue weighted by molar-refractivity contribution is 0.103. The summed E-state index contributed by atoms with van der Waals surface area (Å²) in [6.07, 6.45) is 15.2. The minimum atomic E-state index is 0.0272. The Bertz CT molecular complexity index is 4120. The SMILES string of the molecule is CCCCOc1ccc2c(c1OCCCN(CC)CC)C(=O)c1ccccc1-2.CCCCOc1ccc2c(c1OCCCN1CCCC1)C(=O)c1ccccc1-2.CCCCOc1ccc2c(c1OCCN(CC)CC)C(=O)c1ccccc1-2.CCCCOc1ccc2c(c1OCCN1CCCC1)C(=O)c1ccccc1-2. The second-order valence-electron chi connectivity index (χ2n) is 28.8. The number of likely N-dealkylation sites (tertiary alicyclic amines) is 2. The molecule has 16 heteroatoms. The van der Waals surface area contributed by atoms with E-state index in [1.165, 1.54) is 38.8 Å². The minimum absolute atomic E-state index is 0.0272. The molecule has 16 nitrogen and oxygen atoms in total. The third-order valence-corrected chi connectivity index (χ3v) is 21.5. The molecule has 0 unspecified atom stereocenters. The predicted molar refractivity (Wildman–Crippen MR) is 441 cm³/mol. The van der Waals surface area contributed by atoms with E-state index in [9.17, 15) is 19.2 Å². The van der Waals surface area contributed by atoms with E-state index in [2.05, 4.69) is 75.0 Å². The van der Waals surface area contributed by atoms with Gasteiger partial charge in [-0.25, -0.2) is 0 Å². The molecule has 0 amide bonds. The second kappa shape index (κ2) is 41.6. The highest BCUT2D eigenvalue weighted by molar-refractivity contribution is 6.26. The fourth-order valence-corrected chi connectivity index (χ4v) is 15.2. The zero-order valence-electron chi connectivity index (χ0n) is 66.6. The van der Waals surface area contributed by atoms with Crippen LogP contribution in [0.5, 0.6) is 46.0 Å². The number of ketones is 4. The van der Waals surface area contributed by atoms with Crippen LogP contribution in [-0.4, -0.2) is 174 Å². The molecule has 2 saturated heterocycles.